The molecular weight excluding hydrogens is 341 g/mol. The summed E-state index contributed by atoms with van der Waals surface area (Å²) in [7, 11) is -1.98. The number of nitrogens with zero attached hydrogens (tertiary/aromatic N) is 1. The van der Waals surface area contributed by atoms with Gasteiger partial charge in [-0.25, -0.2) is 4.39 Å². The summed E-state index contributed by atoms with van der Waals surface area (Å²) in [5.74, 6) is -0.339. The summed E-state index contributed by atoms with van der Waals surface area (Å²) < 4.78 is 36.1. The van der Waals surface area contributed by atoms with Gasteiger partial charge in [0, 0.05) is 5.56 Å². The Morgan fingerprint density at radius 3 is 2.25 bits per heavy atom. The number of hydrogen-bond donors (Lipinski definition) is 0. The standard InChI is InChI=1S/C18H30FNO2SSi/c1-17(2,3)23(21)20-16(14-10-9-11-15(19)12-14)13-22-24(7,8)18(4,5)6/h9-12H,13H2,1-8H3/t23-/m1/s1. The van der Waals surface area contributed by atoms with E-state index in [1.54, 1.807) is 12.1 Å². The second kappa shape index (κ2) is 7.68. The summed E-state index contributed by atoms with van der Waals surface area (Å²) >= 11 is -1.42. The number of halogens is 1. The molecule has 0 fully saturated rings. The van der Waals surface area contributed by atoms with Crippen LogP contribution < -0.4 is 0 Å². The lowest BCUT2D eigenvalue weighted by Gasteiger charge is -2.36. The number of benzene rings is 1. The van der Waals surface area contributed by atoms with Gasteiger partial charge in [-0.15, -0.1) is 0 Å². The fourth-order valence-electron chi connectivity index (χ4n) is 1.53. The maximum Gasteiger partial charge on any atom is 0.192 e. The van der Waals surface area contributed by atoms with E-state index in [4.69, 9.17) is 4.43 Å². The smallest absolute Gasteiger partial charge is 0.192 e. The van der Waals surface area contributed by atoms with Crippen LogP contribution in [0.2, 0.25) is 18.1 Å². The van der Waals surface area contributed by atoms with E-state index in [2.05, 4.69) is 38.3 Å². The topological polar surface area (TPSA) is 44.7 Å². The molecule has 0 aliphatic rings. The summed E-state index contributed by atoms with van der Waals surface area (Å²) in [5, 5.41) is 0.0588. The van der Waals surface area contributed by atoms with Gasteiger partial charge >= 0.3 is 0 Å². The average Bonchev–Trinajstić information content (AvgIpc) is 2.40. The maximum atomic E-state index is 13.6. The van der Waals surface area contributed by atoms with E-state index < -0.39 is 24.4 Å². The number of hydrogen-bond acceptors (Lipinski definition) is 3. The highest BCUT2D eigenvalue weighted by Gasteiger charge is 2.38. The van der Waals surface area contributed by atoms with Crippen molar-refractivity contribution in [1.29, 1.82) is 0 Å². The first-order valence-corrected chi connectivity index (χ1v) is 12.1. The Hall–Kier alpha value is -0.693. The highest BCUT2D eigenvalue weighted by molar-refractivity contribution is 7.91. The summed E-state index contributed by atoms with van der Waals surface area (Å²) in [6.07, 6.45) is 0. The Morgan fingerprint density at radius 1 is 1.21 bits per heavy atom. The lowest BCUT2D eigenvalue weighted by Crippen LogP contribution is -2.42. The molecule has 0 radical (unpaired) electrons. The predicted molar refractivity (Wildman–Crippen MR) is 104 cm³/mol. The van der Waals surface area contributed by atoms with Crippen molar-refractivity contribution >= 4 is 25.4 Å². The highest BCUT2D eigenvalue weighted by Crippen LogP contribution is 2.36. The lowest BCUT2D eigenvalue weighted by atomic mass is 10.1. The molecule has 0 spiro atoms. The molecule has 1 atom stereocenters. The van der Waals surface area contributed by atoms with Crippen LogP contribution in [0.4, 0.5) is 4.39 Å². The van der Waals surface area contributed by atoms with Gasteiger partial charge in [0.05, 0.1) is 6.61 Å². The van der Waals surface area contributed by atoms with Crippen LogP contribution in [0.25, 0.3) is 0 Å². The summed E-state index contributed by atoms with van der Waals surface area (Å²) in [5.41, 5.74) is 1.15. The van der Waals surface area contributed by atoms with Gasteiger partial charge in [-0.3, -0.25) is 0 Å². The first-order chi connectivity index (χ1) is 10.7. The predicted octanol–water partition coefficient (Wildman–Crippen LogP) is 5.10. The third kappa shape index (κ3) is 5.99. The van der Waals surface area contributed by atoms with Crippen LogP contribution in [0, 0.1) is 5.82 Å². The van der Waals surface area contributed by atoms with E-state index in [0.717, 1.165) is 0 Å². The summed E-state index contributed by atoms with van der Waals surface area (Å²) in [6.45, 7) is 16.6. The van der Waals surface area contributed by atoms with Crippen molar-refractivity contribution in [3.05, 3.63) is 35.6 Å². The molecule has 0 unspecified atom stereocenters. The quantitative estimate of drug-likeness (QED) is 0.411. The van der Waals surface area contributed by atoms with Crippen LogP contribution in [-0.2, 0) is 15.8 Å². The summed E-state index contributed by atoms with van der Waals surface area (Å²) in [6, 6.07) is 6.20. The Bertz CT molecular complexity index is 591. The molecule has 0 aliphatic carbocycles. The van der Waals surface area contributed by atoms with Gasteiger partial charge in [-0.2, -0.15) is 0 Å². The van der Waals surface area contributed by atoms with E-state index in [-0.39, 0.29) is 17.5 Å². The normalized spacial score (nSPS) is 15.5. The first-order valence-electron chi connectivity index (χ1n) is 8.13. The van der Waals surface area contributed by atoms with Crippen LogP contribution in [0.3, 0.4) is 0 Å². The average molecular weight is 372 g/mol. The van der Waals surface area contributed by atoms with Crippen LogP contribution in [0.5, 0.6) is 0 Å². The monoisotopic (exact) mass is 371 g/mol. The second-order valence-corrected chi connectivity index (χ2v) is 15.2. The Labute approximate surface area is 150 Å². The minimum absolute atomic E-state index is 0.0588. The van der Waals surface area contributed by atoms with E-state index in [9.17, 15) is 8.94 Å². The van der Waals surface area contributed by atoms with Gasteiger partial charge in [0.25, 0.3) is 0 Å². The molecule has 6 heteroatoms. The van der Waals surface area contributed by atoms with Crippen molar-refractivity contribution in [3.63, 3.8) is 0 Å². The van der Waals surface area contributed by atoms with Crippen molar-refractivity contribution in [2.24, 2.45) is 4.40 Å². The van der Waals surface area contributed by atoms with E-state index in [1.807, 2.05) is 20.8 Å². The van der Waals surface area contributed by atoms with Crippen LogP contribution >= 0.6 is 0 Å². The molecule has 24 heavy (non-hydrogen) atoms. The molecule has 0 saturated carbocycles. The first kappa shape index (κ1) is 21.3. The van der Waals surface area contributed by atoms with Crippen molar-refractivity contribution in [3.8, 4) is 0 Å². The van der Waals surface area contributed by atoms with Crippen molar-refractivity contribution < 1.29 is 13.4 Å². The highest BCUT2D eigenvalue weighted by atomic mass is 32.2. The molecule has 1 aromatic carbocycles. The lowest BCUT2D eigenvalue weighted by molar-refractivity contribution is 0.340. The third-order valence-electron chi connectivity index (χ3n) is 4.25. The van der Waals surface area contributed by atoms with Gasteiger partial charge in [0.15, 0.2) is 8.32 Å². The van der Waals surface area contributed by atoms with E-state index in [1.165, 1.54) is 12.1 Å². The van der Waals surface area contributed by atoms with Gasteiger partial charge in [0.2, 0.25) is 0 Å². The molecule has 0 aliphatic heterocycles. The molecule has 1 rings (SSSR count). The van der Waals surface area contributed by atoms with Gasteiger partial charge in [0.1, 0.15) is 27.6 Å². The maximum absolute atomic E-state index is 13.6. The third-order valence-corrected chi connectivity index (χ3v) is 10.2. The largest absolute Gasteiger partial charge is 0.591 e. The van der Waals surface area contributed by atoms with Crippen LogP contribution in [0.1, 0.15) is 47.1 Å². The molecule has 0 saturated heterocycles. The van der Waals surface area contributed by atoms with Crippen molar-refractivity contribution in [2.75, 3.05) is 6.61 Å². The van der Waals surface area contributed by atoms with Crippen LogP contribution in [-0.4, -0.2) is 29.9 Å². The molecule has 0 amide bonds. The van der Waals surface area contributed by atoms with Gasteiger partial charge in [-0.1, -0.05) is 37.3 Å². The van der Waals surface area contributed by atoms with Crippen molar-refractivity contribution in [2.45, 2.75) is 64.4 Å². The Kier molecular flexibility index (Phi) is 6.83. The molecule has 1 aromatic rings. The minimum Gasteiger partial charge on any atom is -0.591 e. The fourth-order valence-corrected chi connectivity index (χ4v) is 3.10. The number of rotatable bonds is 5. The summed E-state index contributed by atoms with van der Waals surface area (Å²) in [4.78, 5) is 0. The molecule has 0 bridgehead atoms. The van der Waals surface area contributed by atoms with Crippen molar-refractivity contribution in [1.82, 2.24) is 0 Å². The Balaban J connectivity index is 3.14. The molecule has 0 aromatic heterocycles. The van der Waals surface area contributed by atoms with Gasteiger partial charge in [-0.05, 0) is 51.0 Å². The fraction of sp³-hybridized carbons (Fsp3) is 0.611. The van der Waals surface area contributed by atoms with Gasteiger partial charge < -0.3 is 8.98 Å². The molecule has 0 N–H and O–H groups in total. The Morgan fingerprint density at radius 2 is 1.79 bits per heavy atom. The van der Waals surface area contributed by atoms with E-state index >= 15 is 0 Å². The van der Waals surface area contributed by atoms with Crippen LogP contribution in [0.15, 0.2) is 28.7 Å². The minimum atomic E-state index is -1.98. The molecule has 0 heterocycles. The van der Waals surface area contributed by atoms with E-state index in [0.29, 0.717) is 11.3 Å². The zero-order valence-electron chi connectivity index (χ0n) is 16.1. The molecular formula is C18H30FNO2SSi. The second-order valence-electron chi connectivity index (χ2n) is 8.46. The SMILES string of the molecule is CC(C)(C)[S@@+]([O-])N=C(CO[Si](C)(C)C(C)(C)C)c1cccc(F)c1. The zero-order chi connectivity index (χ0) is 18.8. The zero-order valence-corrected chi connectivity index (χ0v) is 17.9. The molecule has 136 valence electrons. The molecule has 3 nitrogen and oxygen atoms in total.